The van der Waals surface area contributed by atoms with Gasteiger partial charge in [-0.15, -0.1) is 0 Å². The van der Waals surface area contributed by atoms with Crippen molar-refractivity contribution >= 4 is 5.78 Å². The number of carbonyl (C=O) groups excluding carboxylic acids is 1. The molecule has 1 N–H and O–H groups in total. The number of Topliss-reactive ketones (excluding diaryl/α,β-unsaturated/α-hetero) is 1. The lowest BCUT2D eigenvalue weighted by atomic mass is 10.1. The van der Waals surface area contributed by atoms with E-state index in [1.807, 2.05) is 13.8 Å². The molecule has 0 spiro atoms. The zero-order valence-electron chi connectivity index (χ0n) is 8.65. The first-order valence-corrected chi connectivity index (χ1v) is 4.85. The molecular weight excluding hydrogens is 192 g/mol. The highest BCUT2D eigenvalue weighted by Crippen LogP contribution is 2.33. The summed E-state index contributed by atoms with van der Waals surface area (Å²) in [5.41, 5.74) is 0.514. The molecular formula is C12H12O3. The molecule has 0 saturated carbocycles. The summed E-state index contributed by atoms with van der Waals surface area (Å²) >= 11 is 0. The van der Waals surface area contributed by atoms with Crippen LogP contribution < -0.4 is 4.74 Å². The molecule has 0 saturated heterocycles. The molecule has 78 valence electrons. The van der Waals surface area contributed by atoms with Gasteiger partial charge in [-0.3, -0.25) is 4.79 Å². The van der Waals surface area contributed by atoms with Gasteiger partial charge in [0.1, 0.15) is 11.5 Å². The second-order valence-corrected chi connectivity index (χ2v) is 3.89. The number of ether oxygens (including phenoxy) is 1. The van der Waals surface area contributed by atoms with Gasteiger partial charge in [-0.2, -0.15) is 0 Å². The van der Waals surface area contributed by atoms with E-state index in [0.717, 1.165) is 0 Å². The number of ketones is 1. The third-order valence-electron chi connectivity index (χ3n) is 2.14. The molecule has 3 nitrogen and oxygen atoms in total. The number of benzene rings is 1. The van der Waals surface area contributed by atoms with Crippen molar-refractivity contribution in [2.45, 2.75) is 13.8 Å². The van der Waals surface area contributed by atoms with Gasteiger partial charge < -0.3 is 9.84 Å². The van der Waals surface area contributed by atoms with Gasteiger partial charge in [-0.1, -0.05) is 13.8 Å². The first kappa shape index (κ1) is 9.77. The van der Waals surface area contributed by atoms with Gasteiger partial charge in [0.2, 0.25) is 5.78 Å². The number of carbonyl (C=O) groups is 1. The van der Waals surface area contributed by atoms with E-state index in [1.165, 1.54) is 12.1 Å². The normalized spacial score (nSPS) is 17.0. The number of hydrogen-bond acceptors (Lipinski definition) is 3. The molecule has 0 aliphatic carbocycles. The number of rotatable bonds is 1. The Labute approximate surface area is 88.0 Å². The Morgan fingerprint density at radius 1 is 1.40 bits per heavy atom. The fourth-order valence-electron chi connectivity index (χ4n) is 1.49. The molecule has 0 atom stereocenters. The van der Waals surface area contributed by atoms with Gasteiger partial charge in [0.15, 0.2) is 5.76 Å². The Hall–Kier alpha value is -1.77. The largest absolute Gasteiger partial charge is 0.508 e. The highest BCUT2D eigenvalue weighted by molar-refractivity contribution is 6.12. The van der Waals surface area contributed by atoms with Crippen molar-refractivity contribution in [1.29, 1.82) is 0 Å². The van der Waals surface area contributed by atoms with Gasteiger partial charge in [-0.25, -0.2) is 0 Å². The van der Waals surface area contributed by atoms with Crippen LogP contribution in [0.1, 0.15) is 24.2 Å². The highest BCUT2D eigenvalue weighted by Gasteiger charge is 2.27. The lowest BCUT2D eigenvalue weighted by molar-refractivity contribution is 0.101. The number of fused-ring (bicyclic) bond motifs is 1. The minimum Gasteiger partial charge on any atom is -0.508 e. The molecule has 0 bridgehead atoms. The molecule has 0 aromatic heterocycles. The highest BCUT2D eigenvalue weighted by atomic mass is 16.5. The van der Waals surface area contributed by atoms with E-state index in [1.54, 1.807) is 12.1 Å². The van der Waals surface area contributed by atoms with E-state index in [2.05, 4.69) is 0 Å². The predicted molar refractivity (Wildman–Crippen MR) is 56.0 cm³/mol. The first-order chi connectivity index (χ1) is 7.08. The molecule has 0 fully saturated rings. The van der Waals surface area contributed by atoms with Crippen LogP contribution in [-0.4, -0.2) is 10.9 Å². The first-order valence-electron chi connectivity index (χ1n) is 4.85. The van der Waals surface area contributed by atoms with Crippen LogP contribution in [0.15, 0.2) is 30.0 Å². The number of aromatic hydroxyl groups is 1. The molecule has 1 aliphatic heterocycles. The van der Waals surface area contributed by atoms with Crippen molar-refractivity contribution in [1.82, 2.24) is 0 Å². The number of phenols is 1. The monoisotopic (exact) mass is 204 g/mol. The van der Waals surface area contributed by atoms with Gasteiger partial charge in [0.05, 0.1) is 5.56 Å². The van der Waals surface area contributed by atoms with Crippen LogP contribution in [0.25, 0.3) is 0 Å². The number of hydrogen-bond donors (Lipinski definition) is 1. The van der Waals surface area contributed by atoms with E-state index >= 15 is 0 Å². The van der Waals surface area contributed by atoms with Crippen LogP contribution >= 0.6 is 0 Å². The minimum atomic E-state index is -0.112. The maximum Gasteiger partial charge on any atom is 0.231 e. The van der Waals surface area contributed by atoms with Crippen molar-refractivity contribution in [2.75, 3.05) is 0 Å². The van der Waals surface area contributed by atoms with Crippen molar-refractivity contribution in [3.05, 3.63) is 35.6 Å². The van der Waals surface area contributed by atoms with Crippen LogP contribution in [-0.2, 0) is 0 Å². The van der Waals surface area contributed by atoms with E-state index in [0.29, 0.717) is 17.1 Å². The average Bonchev–Trinajstić information content (AvgIpc) is 2.42. The standard InChI is InChI=1S/C12H12O3/c1-7(2)5-11-12(14)9-4-3-8(13)6-10(9)15-11/h3-7,13H,1-2H3. The van der Waals surface area contributed by atoms with Crippen LogP contribution in [0.5, 0.6) is 11.5 Å². The summed E-state index contributed by atoms with van der Waals surface area (Å²) < 4.78 is 5.36. The molecule has 0 unspecified atom stereocenters. The van der Waals surface area contributed by atoms with Crippen molar-refractivity contribution in [3.8, 4) is 11.5 Å². The van der Waals surface area contributed by atoms with Crippen molar-refractivity contribution in [3.63, 3.8) is 0 Å². The zero-order chi connectivity index (χ0) is 11.0. The summed E-state index contributed by atoms with van der Waals surface area (Å²) in [7, 11) is 0. The summed E-state index contributed by atoms with van der Waals surface area (Å²) in [6.45, 7) is 3.95. The molecule has 15 heavy (non-hydrogen) atoms. The van der Waals surface area contributed by atoms with Gasteiger partial charge in [0.25, 0.3) is 0 Å². The lowest BCUT2D eigenvalue weighted by Crippen LogP contribution is -2.00. The molecule has 1 heterocycles. The van der Waals surface area contributed by atoms with Gasteiger partial charge in [0, 0.05) is 6.07 Å². The smallest absolute Gasteiger partial charge is 0.231 e. The molecule has 1 aromatic rings. The van der Waals surface area contributed by atoms with Crippen molar-refractivity contribution < 1.29 is 14.6 Å². The van der Waals surface area contributed by atoms with Crippen molar-refractivity contribution in [2.24, 2.45) is 5.92 Å². The third-order valence-corrected chi connectivity index (χ3v) is 2.14. The summed E-state index contributed by atoms with van der Waals surface area (Å²) in [5.74, 6) is 1.04. The number of phenolic OH excluding ortho intramolecular Hbond substituents is 1. The maximum atomic E-state index is 11.8. The van der Waals surface area contributed by atoms with Gasteiger partial charge >= 0.3 is 0 Å². The Balaban J connectivity index is 2.41. The molecule has 3 heteroatoms. The van der Waals surface area contributed by atoms with Crippen LogP contribution in [0.2, 0.25) is 0 Å². The SMILES string of the molecule is CC(C)C=C1Oc2cc(O)ccc2C1=O. The Bertz CT molecular complexity index is 444. The summed E-state index contributed by atoms with van der Waals surface area (Å²) in [6, 6.07) is 4.51. The van der Waals surface area contributed by atoms with E-state index in [4.69, 9.17) is 4.74 Å². The Morgan fingerprint density at radius 3 is 2.80 bits per heavy atom. The maximum absolute atomic E-state index is 11.8. The fraction of sp³-hybridized carbons (Fsp3) is 0.250. The van der Waals surface area contributed by atoms with Gasteiger partial charge in [-0.05, 0) is 24.1 Å². The molecule has 2 rings (SSSR count). The molecule has 0 radical (unpaired) electrons. The second-order valence-electron chi connectivity index (χ2n) is 3.89. The lowest BCUT2D eigenvalue weighted by Gasteiger charge is -1.99. The topological polar surface area (TPSA) is 46.5 Å². The summed E-state index contributed by atoms with van der Waals surface area (Å²) in [6.07, 6.45) is 1.78. The Kier molecular flexibility index (Phi) is 2.23. The predicted octanol–water partition coefficient (Wildman–Crippen LogP) is 2.51. The quantitative estimate of drug-likeness (QED) is 0.715. The Morgan fingerprint density at radius 2 is 2.13 bits per heavy atom. The fourth-order valence-corrected chi connectivity index (χ4v) is 1.49. The van der Waals surface area contributed by atoms with E-state index in [-0.39, 0.29) is 17.5 Å². The van der Waals surface area contributed by atoms with Crippen LogP contribution in [0, 0.1) is 5.92 Å². The number of allylic oxidation sites excluding steroid dienone is 2. The summed E-state index contributed by atoms with van der Waals surface area (Å²) in [4.78, 5) is 11.8. The molecule has 0 amide bonds. The van der Waals surface area contributed by atoms with Crippen LogP contribution in [0.4, 0.5) is 0 Å². The van der Waals surface area contributed by atoms with E-state index in [9.17, 15) is 9.90 Å². The second kappa shape index (κ2) is 3.42. The molecule has 1 aliphatic rings. The summed E-state index contributed by atoms with van der Waals surface area (Å²) in [5, 5.41) is 9.24. The van der Waals surface area contributed by atoms with E-state index < -0.39 is 0 Å². The zero-order valence-corrected chi connectivity index (χ0v) is 8.65. The minimum absolute atomic E-state index is 0.104. The molecule has 1 aromatic carbocycles. The average molecular weight is 204 g/mol. The third kappa shape index (κ3) is 1.73. The van der Waals surface area contributed by atoms with Crippen LogP contribution in [0.3, 0.4) is 0 Å².